The molecule has 1 aromatic carbocycles. The van der Waals surface area contributed by atoms with Gasteiger partial charge in [-0.3, -0.25) is 9.59 Å². The van der Waals surface area contributed by atoms with Crippen LogP contribution in [-0.2, 0) is 4.79 Å². The third kappa shape index (κ3) is 1.99. The van der Waals surface area contributed by atoms with E-state index in [1.165, 1.54) is 0 Å². The first-order valence-corrected chi connectivity index (χ1v) is 4.34. The maximum atomic E-state index is 10.8. The van der Waals surface area contributed by atoms with E-state index in [1.807, 2.05) is 6.92 Å². The second kappa shape index (κ2) is 4.05. The monoisotopic (exact) mass is 192 g/mol. The highest BCUT2D eigenvalue weighted by Gasteiger charge is 2.16. The molecule has 3 nitrogen and oxygen atoms in total. The number of carbonyl (C=O) groups is 2. The Bertz CT molecular complexity index is 369. The zero-order chi connectivity index (χ0) is 10.7. The van der Waals surface area contributed by atoms with E-state index in [0.29, 0.717) is 17.4 Å². The van der Waals surface area contributed by atoms with Crippen LogP contribution >= 0.6 is 0 Å². The number of aliphatic carboxylic acids is 1. The molecule has 3 heteroatoms. The number of hydrogen-bond donors (Lipinski definition) is 1. The van der Waals surface area contributed by atoms with Crippen LogP contribution in [0.2, 0.25) is 0 Å². The molecule has 0 amide bonds. The highest BCUT2D eigenvalue weighted by molar-refractivity contribution is 5.83. The predicted molar refractivity (Wildman–Crippen MR) is 52.6 cm³/mol. The molecule has 1 rings (SSSR count). The Morgan fingerprint density at radius 3 is 2.64 bits per heavy atom. The Morgan fingerprint density at radius 1 is 1.50 bits per heavy atom. The standard InChI is InChI=1S/C11H12O3/c1-7-3-4-9(6-12)10(5-7)8(2)11(13)14/h3-6,8H,1-2H3,(H,13,14). The van der Waals surface area contributed by atoms with Gasteiger partial charge in [0.2, 0.25) is 0 Å². The normalized spacial score (nSPS) is 12.1. The van der Waals surface area contributed by atoms with Crippen LogP contribution in [0.4, 0.5) is 0 Å². The molecule has 1 unspecified atom stereocenters. The molecule has 1 N–H and O–H groups in total. The predicted octanol–water partition coefficient (Wildman–Crippen LogP) is 2.00. The molecule has 0 aromatic heterocycles. The molecule has 0 aliphatic heterocycles. The summed E-state index contributed by atoms with van der Waals surface area (Å²) in [5.74, 6) is -1.56. The number of rotatable bonds is 3. The third-order valence-corrected chi connectivity index (χ3v) is 2.21. The van der Waals surface area contributed by atoms with Crippen molar-refractivity contribution in [1.82, 2.24) is 0 Å². The van der Waals surface area contributed by atoms with Gasteiger partial charge in [-0.25, -0.2) is 0 Å². The molecule has 0 spiro atoms. The Hall–Kier alpha value is -1.64. The van der Waals surface area contributed by atoms with Crippen molar-refractivity contribution in [3.8, 4) is 0 Å². The number of carbonyl (C=O) groups excluding carboxylic acids is 1. The molecule has 0 bridgehead atoms. The molecule has 0 heterocycles. The number of carboxylic acids is 1. The second-order valence-electron chi connectivity index (χ2n) is 3.31. The fourth-order valence-corrected chi connectivity index (χ4v) is 1.31. The number of aryl methyl sites for hydroxylation is 1. The maximum absolute atomic E-state index is 10.8. The zero-order valence-corrected chi connectivity index (χ0v) is 8.15. The molecule has 0 saturated heterocycles. The van der Waals surface area contributed by atoms with E-state index < -0.39 is 11.9 Å². The lowest BCUT2D eigenvalue weighted by Crippen LogP contribution is -2.10. The summed E-state index contributed by atoms with van der Waals surface area (Å²) in [6.45, 7) is 3.44. The van der Waals surface area contributed by atoms with E-state index in [-0.39, 0.29) is 0 Å². The van der Waals surface area contributed by atoms with Crippen LogP contribution in [0.1, 0.15) is 34.3 Å². The van der Waals surface area contributed by atoms with Crippen LogP contribution < -0.4 is 0 Å². The van der Waals surface area contributed by atoms with Gasteiger partial charge < -0.3 is 5.11 Å². The van der Waals surface area contributed by atoms with Crippen LogP contribution in [0.5, 0.6) is 0 Å². The largest absolute Gasteiger partial charge is 0.481 e. The van der Waals surface area contributed by atoms with Crippen molar-refractivity contribution in [2.45, 2.75) is 19.8 Å². The highest BCUT2D eigenvalue weighted by atomic mass is 16.4. The van der Waals surface area contributed by atoms with Crippen molar-refractivity contribution < 1.29 is 14.7 Å². The lowest BCUT2D eigenvalue weighted by atomic mass is 9.95. The van der Waals surface area contributed by atoms with E-state index in [4.69, 9.17) is 5.11 Å². The Morgan fingerprint density at radius 2 is 2.14 bits per heavy atom. The van der Waals surface area contributed by atoms with Crippen molar-refractivity contribution >= 4 is 12.3 Å². The third-order valence-electron chi connectivity index (χ3n) is 2.21. The summed E-state index contributed by atoms with van der Waals surface area (Å²) in [4.78, 5) is 21.4. The molecule has 1 aromatic rings. The molecule has 14 heavy (non-hydrogen) atoms. The van der Waals surface area contributed by atoms with Gasteiger partial charge in [0.15, 0.2) is 0 Å². The van der Waals surface area contributed by atoms with Gasteiger partial charge in [-0.1, -0.05) is 23.8 Å². The van der Waals surface area contributed by atoms with Gasteiger partial charge in [0, 0.05) is 5.56 Å². The lowest BCUT2D eigenvalue weighted by Gasteiger charge is -2.09. The molecule has 74 valence electrons. The average Bonchev–Trinajstić information content (AvgIpc) is 2.16. The zero-order valence-electron chi connectivity index (χ0n) is 8.15. The molecule has 1 atom stereocenters. The van der Waals surface area contributed by atoms with Crippen molar-refractivity contribution in [2.24, 2.45) is 0 Å². The van der Waals surface area contributed by atoms with E-state index in [0.717, 1.165) is 5.56 Å². The average molecular weight is 192 g/mol. The maximum Gasteiger partial charge on any atom is 0.310 e. The smallest absolute Gasteiger partial charge is 0.310 e. The van der Waals surface area contributed by atoms with E-state index >= 15 is 0 Å². The van der Waals surface area contributed by atoms with E-state index in [2.05, 4.69) is 0 Å². The summed E-state index contributed by atoms with van der Waals surface area (Å²) in [6.07, 6.45) is 0.689. The first-order chi connectivity index (χ1) is 6.56. The number of aldehydes is 1. The molecule has 0 fully saturated rings. The highest BCUT2D eigenvalue weighted by Crippen LogP contribution is 2.20. The fourth-order valence-electron chi connectivity index (χ4n) is 1.31. The first-order valence-electron chi connectivity index (χ1n) is 4.34. The fraction of sp³-hybridized carbons (Fsp3) is 0.273. The van der Waals surface area contributed by atoms with Crippen molar-refractivity contribution in [1.29, 1.82) is 0 Å². The molecule has 0 radical (unpaired) electrons. The van der Waals surface area contributed by atoms with E-state index in [9.17, 15) is 9.59 Å². The van der Waals surface area contributed by atoms with Crippen molar-refractivity contribution in [3.05, 3.63) is 34.9 Å². The Kier molecular flexibility index (Phi) is 3.02. The molecule has 0 saturated carbocycles. The Labute approximate surface area is 82.4 Å². The molecular weight excluding hydrogens is 180 g/mol. The summed E-state index contributed by atoms with van der Waals surface area (Å²) in [5, 5.41) is 8.83. The van der Waals surface area contributed by atoms with Crippen molar-refractivity contribution in [2.75, 3.05) is 0 Å². The van der Waals surface area contributed by atoms with Crippen LogP contribution in [0, 0.1) is 6.92 Å². The SMILES string of the molecule is Cc1ccc(C=O)c(C(C)C(=O)O)c1. The van der Waals surface area contributed by atoms with E-state index in [1.54, 1.807) is 25.1 Å². The van der Waals surface area contributed by atoms with Crippen LogP contribution in [-0.4, -0.2) is 17.4 Å². The lowest BCUT2D eigenvalue weighted by molar-refractivity contribution is -0.138. The van der Waals surface area contributed by atoms with Gasteiger partial charge >= 0.3 is 5.97 Å². The van der Waals surface area contributed by atoms with Gasteiger partial charge in [-0.05, 0) is 19.4 Å². The van der Waals surface area contributed by atoms with Gasteiger partial charge in [-0.15, -0.1) is 0 Å². The number of carboxylic acid groups (broad SMARTS) is 1. The molecular formula is C11H12O3. The molecule has 0 aliphatic rings. The van der Waals surface area contributed by atoms with Gasteiger partial charge in [-0.2, -0.15) is 0 Å². The Balaban J connectivity index is 3.23. The minimum absolute atomic E-state index is 0.450. The topological polar surface area (TPSA) is 54.4 Å². The summed E-state index contributed by atoms with van der Waals surface area (Å²) in [6, 6.07) is 5.18. The minimum Gasteiger partial charge on any atom is -0.481 e. The second-order valence-corrected chi connectivity index (χ2v) is 3.31. The number of benzene rings is 1. The summed E-state index contributed by atoms with van der Waals surface area (Å²) >= 11 is 0. The summed E-state index contributed by atoms with van der Waals surface area (Å²) < 4.78 is 0. The van der Waals surface area contributed by atoms with Gasteiger partial charge in [0.1, 0.15) is 6.29 Å². The van der Waals surface area contributed by atoms with Crippen LogP contribution in [0.25, 0.3) is 0 Å². The first kappa shape index (κ1) is 10.4. The minimum atomic E-state index is -0.918. The van der Waals surface area contributed by atoms with Gasteiger partial charge in [0.25, 0.3) is 0 Å². The van der Waals surface area contributed by atoms with Crippen LogP contribution in [0.3, 0.4) is 0 Å². The van der Waals surface area contributed by atoms with Gasteiger partial charge in [0.05, 0.1) is 5.92 Å². The summed E-state index contributed by atoms with van der Waals surface area (Å²) in [5.41, 5.74) is 1.98. The molecule has 0 aliphatic carbocycles. The summed E-state index contributed by atoms with van der Waals surface area (Å²) in [7, 11) is 0. The number of hydrogen-bond acceptors (Lipinski definition) is 2. The quantitative estimate of drug-likeness (QED) is 0.745. The van der Waals surface area contributed by atoms with Crippen LogP contribution in [0.15, 0.2) is 18.2 Å². The van der Waals surface area contributed by atoms with Crippen molar-refractivity contribution in [3.63, 3.8) is 0 Å².